The minimum atomic E-state index is -0.201. The molecule has 106 valence electrons. The summed E-state index contributed by atoms with van der Waals surface area (Å²) in [4.78, 5) is 14.2. The Morgan fingerprint density at radius 2 is 2.06 bits per heavy atom. The van der Waals surface area contributed by atoms with Crippen molar-refractivity contribution < 1.29 is 14.3 Å². The predicted octanol–water partition coefficient (Wildman–Crippen LogP) is 0.638. The Hall–Kier alpha value is -0.650. The van der Waals surface area contributed by atoms with E-state index in [-0.39, 0.29) is 18.1 Å². The maximum Gasteiger partial charge on any atom is 0.323 e. The molecular weight excluding hydrogens is 232 g/mol. The highest BCUT2D eigenvalue weighted by Gasteiger charge is 2.21. The van der Waals surface area contributed by atoms with Gasteiger partial charge in [-0.3, -0.25) is 9.69 Å². The second-order valence-corrected chi connectivity index (χ2v) is 4.87. The first-order valence-corrected chi connectivity index (χ1v) is 6.86. The van der Waals surface area contributed by atoms with Crippen LogP contribution in [0.2, 0.25) is 0 Å². The van der Waals surface area contributed by atoms with Gasteiger partial charge in [-0.2, -0.15) is 0 Å². The van der Waals surface area contributed by atoms with Gasteiger partial charge in [0, 0.05) is 25.7 Å². The molecule has 0 radical (unpaired) electrons. The van der Waals surface area contributed by atoms with Crippen LogP contribution < -0.4 is 5.32 Å². The van der Waals surface area contributed by atoms with Gasteiger partial charge in [-0.25, -0.2) is 0 Å². The number of nitrogens with one attached hydrogen (secondary N) is 1. The van der Waals surface area contributed by atoms with E-state index < -0.39 is 0 Å². The summed E-state index contributed by atoms with van der Waals surface area (Å²) in [6, 6.07) is 0.0805. The van der Waals surface area contributed by atoms with Crippen molar-refractivity contribution in [1.82, 2.24) is 10.2 Å². The van der Waals surface area contributed by atoms with Crippen LogP contribution in [0.3, 0.4) is 0 Å². The Balaban J connectivity index is 2.36. The third-order valence-corrected chi connectivity index (χ3v) is 2.94. The molecule has 0 bridgehead atoms. The van der Waals surface area contributed by atoms with Crippen LogP contribution in [0.4, 0.5) is 0 Å². The Kier molecular flexibility index (Phi) is 7.23. The van der Waals surface area contributed by atoms with Gasteiger partial charge in [-0.1, -0.05) is 13.8 Å². The molecule has 0 saturated carbocycles. The minimum Gasteiger partial charge on any atom is -0.465 e. The monoisotopic (exact) mass is 258 g/mol. The van der Waals surface area contributed by atoms with Crippen molar-refractivity contribution >= 4 is 5.97 Å². The number of nitrogens with zero attached hydrogens (tertiary/aromatic N) is 1. The SMILES string of the molecule is CCOC(=O)C(CCN1CCOCC1)NC(C)C. The highest BCUT2D eigenvalue weighted by Crippen LogP contribution is 2.03. The van der Waals surface area contributed by atoms with E-state index >= 15 is 0 Å². The molecule has 0 aromatic rings. The van der Waals surface area contributed by atoms with Gasteiger partial charge in [0.05, 0.1) is 19.8 Å². The zero-order chi connectivity index (χ0) is 13.4. The third kappa shape index (κ3) is 5.80. The van der Waals surface area contributed by atoms with Crippen molar-refractivity contribution in [1.29, 1.82) is 0 Å². The molecule has 1 unspecified atom stereocenters. The molecule has 1 aliphatic rings. The molecule has 18 heavy (non-hydrogen) atoms. The summed E-state index contributed by atoms with van der Waals surface area (Å²) in [5, 5.41) is 3.27. The lowest BCUT2D eigenvalue weighted by atomic mass is 10.1. The molecule has 5 nitrogen and oxygen atoms in total. The molecule has 1 heterocycles. The number of hydrogen-bond donors (Lipinski definition) is 1. The Morgan fingerprint density at radius 1 is 1.39 bits per heavy atom. The van der Waals surface area contributed by atoms with E-state index in [0.29, 0.717) is 6.61 Å². The molecule has 1 rings (SSSR count). The summed E-state index contributed by atoms with van der Waals surface area (Å²) in [6.07, 6.45) is 0.789. The maximum absolute atomic E-state index is 11.8. The summed E-state index contributed by atoms with van der Waals surface area (Å²) < 4.78 is 10.4. The second kappa shape index (κ2) is 8.45. The van der Waals surface area contributed by atoms with Gasteiger partial charge in [0.1, 0.15) is 6.04 Å². The minimum absolute atomic E-state index is 0.139. The smallest absolute Gasteiger partial charge is 0.323 e. The summed E-state index contributed by atoms with van der Waals surface area (Å²) in [5.41, 5.74) is 0. The lowest BCUT2D eigenvalue weighted by Gasteiger charge is -2.28. The lowest BCUT2D eigenvalue weighted by Crippen LogP contribution is -2.45. The van der Waals surface area contributed by atoms with Crippen LogP contribution in [0.5, 0.6) is 0 Å². The molecule has 1 aliphatic heterocycles. The van der Waals surface area contributed by atoms with Crippen molar-refractivity contribution in [3.8, 4) is 0 Å². The summed E-state index contributed by atoms with van der Waals surface area (Å²) >= 11 is 0. The number of ether oxygens (including phenoxy) is 2. The summed E-state index contributed by atoms with van der Waals surface area (Å²) in [6.45, 7) is 10.8. The van der Waals surface area contributed by atoms with Crippen molar-refractivity contribution in [2.75, 3.05) is 39.5 Å². The van der Waals surface area contributed by atoms with Gasteiger partial charge >= 0.3 is 5.97 Å². The van der Waals surface area contributed by atoms with Gasteiger partial charge in [-0.15, -0.1) is 0 Å². The van der Waals surface area contributed by atoms with E-state index in [1.807, 2.05) is 20.8 Å². The normalized spacial score (nSPS) is 18.9. The van der Waals surface area contributed by atoms with E-state index in [2.05, 4.69) is 10.2 Å². The fourth-order valence-electron chi connectivity index (χ4n) is 2.05. The van der Waals surface area contributed by atoms with E-state index in [1.54, 1.807) is 0 Å². The van der Waals surface area contributed by atoms with Crippen LogP contribution in [0.25, 0.3) is 0 Å². The Bertz CT molecular complexity index is 240. The highest BCUT2D eigenvalue weighted by atomic mass is 16.5. The number of carbonyl (C=O) groups excluding carboxylic acids is 1. The van der Waals surface area contributed by atoms with Crippen LogP contribution in [0, 0.1) is 0 Å². The number of hydrogen-bond acceptors (Lipinski definition) is 5. The molecule has 5 heteroatoms. The van der Waals surface area contributed by atoms with Crippen molar-refractivity contribution in [3.63, 3.8) is 0 Å². The van der Waals surface area contributed by atoms with Crippen molar-refractivity contribution in [2.24, 2.45) is 0 Å². The van der Waals surface area contributed by atoms with Crippen LogP contribution in [-0.4, -0.2) is 62.4 Å². The van der Waals surface area contributed by atoms with E-state index in [4.69, 9.17) is 9.47 Å². The number of rotatable bonds is 7. The molecule has 0 spiro atoms. The van der Waals surface area contributed by atoms with E-state index in [1.165, 1.54) is 0 Å². The standard InChI is InChI=1S/C13H26N2O3/c1-4-18-13(16)12(14-11(2)3)5-6-15-7-9-17-10-8-15/h11-12,14H,4-10H2,1-3H3. The van der Waals surface area contributed by atoms with Gasteiger partial charge in [0.25, 0.3) is 0 Å². The molecule has 1 atom stereocenters. The third-order valence-electron chi connectivity index (χ3n) is 2.94. The molecule has 1 N–H and O–H groups in total. The largest absolute Gasteiger partial charge is 0.465 e. The van der Waals surface area contributed by atoms with Crippen LogP contribution >= 0.6 is 0 Å². The van der Waals surface area contributed by atoms with Gasteiger partial charge in [-0.05, 0) is 13.3 Å². The quantitative estimate of drug-likeness (QED) is 0.679. The lowest BCUT2D eigenvalue weighted by molar-refractivity contribution is -0.146. The van der Waals surface area contributed by atoms with Gasteiger partial charge in [0.15, 0.2) is 0 Å². The maximum atomic E-state index is 11.8. The molecule has 0 aromatic heterocycles. The first-order chi connectivity index (χ1) is 8.63. The number of esters is 1. The highest BCUT2D eigenvalue weighted by molar-refractivity contribution is 5.75. The molecule has 1 saturated heterocycles. The van der Waals surface area contributed by atoms with Crippen LogP contribution in [-0.2, 0) is 14.3 Å². The summed E-state index contributed by atoms with van der Waals surface area (Å²) in [7, 11) is 0. The molecule has 0 aliphatic carbocycles. The van der Waals surface area contributed by atoms with E-state index in [0.717, 1.165) is 39.3 Å². The Labute approximate surface area is 110 Å². The molecular formula is C13H26N2O3. The first-order valence-electron chi connectivity index (χ1n) is 6.86. The molecule has 1 fully saturated rings. The molecule has 0 aromatic carbocycles. The summed E-state index contributed by atoms with van der Waals surface area (Å²) in [5.74, 6) is -0.139. The van der Waals surface area contributed by atoms with Gasteiger partial charge in [0.2, 0.25) is 0 Å². The predicted molar refractivity (Wildman–Crippen MR) is 70.6 cm³/mol. The van der Waals surface area contributed by atoms with Crippen molar-refractivity contribution in [3.05, 3.63) is 0 Å². The number of morpholine rings is 1. The zero-order valence-corrected chi connectivity index (χ0v) is 11.8. The van der Waals surface area contributed by atoms with Gasteiger partial charge < -0.3 is 14.8 Å². The molecule has 0 amide bonds. The number of carbonyl (C=O) groups is 1. The second-order valence-electron chi connectivity index (χ2n) is 4.87. The topological polar surface area (TPSA) is 50.8 Å². The van der Waals surface area contributed by atoms with Crippen LogP contribution in [0.15, 0.2) is 0 Å². The van der Waals surface area contributed by atoms with E-state index in [9.17, 15) is 4.79 Å². The average molecular weight is 258 g/mol. The first kappa shape index (κ1) is 15.4. The average Bonchev–Trinajstić information content (AvgIpc) is 2.35. The van der Waals surface area contributed by atoms with Crippen LogP contribution in [0.1, 0.15) is 27.2 Å². The zero-order valence-electron chi connectivity index (χ0n) is 11.8. The van der Waals surface area contributed by atoms with Crippen molar-refractivity contribution in [2.45, 2.75) is 39.3 Å². The fourth-order valence-corrected chi connectivity index (χ4v) is 2.05. The fraction of sp³-hybridized carbons (Fsp3) is 0.923. The Morgan fingerprint density at radius 3 is 2.61 bits per heavy atom.